The molecule has 4 rings (SSSR count). The maximum absolute atomic E-state index is 12.8. The lowest BCUT2D eigenvalue weighted by Gasteiger charge is -2.23. The molecule has 1 amide bonds. The van der Waals surface area contributed by atoms with Crippen molar-refractivity contribution in [2.24, 2.45) is 0 Å². The predicted octanol–water partition coefficient (Wildman–Crippen LogP) is 3.71. The Kier molecular flexibility index (Phi) is 6.27. The van der Waals surface area contributed by atoms with E-state index in [4.69, 9.17) is 0 Å². The largest absolute Gasteiger partial charge is 0.376 e. The summed E-state index contributed by atoms with van der Waals surface area (Å²) < 4.78 is 28.2. The van der Waals surface area contributed by atoms with Gasteiger partial charge in [-0.3, -0.25) is 4.79 Å². The number of likely N-dealkylation sites (N-methyl/N-ethyl adjacent to an activating group) is 1. The molecule has 7 nitrogen and oxygen atoms in total. The average molecular weight is 459 g/mol. The number of benzene rings is 2. The van der Waals surface area contributed by atoms with E-state index in [0.717, 1.165) is 28.1 Å². The molecule has 1 atom stereocenters. The van der Waals surface area contributed by atoms with Crippen molar-refractivity contribution in [3.63, 3.8) is 0 Å². The van der Waals surface area contributed by atoms with Gasteiger partial charge in [-0.25, -0.2) is 13.4 Å². The zero-order valence-corrected chi connectivity index (χ0v) is 19.2. The Morgan fingerprint density at radius 2 is 1.94 bits per heavy atom. The molecule has 0 spiro atoms. The van der Waals surface area contributed by atoms with Gasteiger partial charge in [-0.05, 0) is 50.1 Å². The van der Waals surface area contributed by atoms with Gasteiger partial charge in [-0.2, -0.15) is 4.31 Å². The Morgan fingerprint density at radius 1 is 1.19 bits per heavy atom. The number of sulfonamides is 1. The van der Waals surface area contributed by atoms with Crippen LogP contribution in [0.4, 0.5) is 5.69 Å². The summed E-state index contributed by atoms with van der Waals surface area (Å²) in [6, 6.07) is 14.4. The highest BCUT2D eigenvalue weighted by atomic mass is 32.2. The van der Waals surface area contributed by atoms with Crippen LogP contribution in [-0.4, -0.2) is 55.2 Å². The quantitative estimate of drug-likeness (QED) is 0.584. The molecule has 1 aliphatic rings. The topological polar surface area (TPSA) is 82.6 Å². The summed E-state index contributed by atoms with van der Waals surface area (Å²) in [5.41, 5.74) is 1.54. The van der Waals surface area contributed by atoms with E-state index in [1.807, 2.05) is 31.2 Å². The highest BCUT2D eigenvalue weighted by Crippen LogP contribution is 2.29. The minimum absolute atomic E-state index is 0.0684. The molecule has 1 aliphatic heterocycles. The Labute approximate surface area is 186 Å². The highest BCUT2D eigenvalue weighted by molar-refractivity contribution is 7.89. The van der Waals surface area contributed by atoms with Crippen molar-refractivity contribution in [1.82, 2.24) is 14.2 Å². The summed E-state index contributed by atoms with van der Waals surface area (Å²) >= 11 is 1.59. The number of thiazole rings is 1. The van der Waals surface area contributed by atoms with E-state index in [1.54, 1.807) is 47.5 Å². The zero-order valence-electron chi connectivity index (χ0n) is 17.6. The molecule has 1 saturated heterocycles. The lowest BCUT2D eigenvalue weighted by atomic mass is 10.3. The van der Waals surface area contributed by atoms with Crippen LogP contribution in [0.15, 0.2) is 53.4 Å². The molecule has 9 heteroatoms. The molecular weight excluding hydrogens is 432 g/mol. The summed E-state index contributed by atoms with van der Waals surface area (Å²) in [5, 5.41) is 3.96. The average Bonchev–Trinajstić information content (AvgIpc) is 3.47. The molecule has 164 valence electrons. The van der Waals surface area contributed by atoms with E-state index >= 15 is 0 Å². The monoisotopic (exact) mass is 458 g/mol. The third kappa shape index (κ3) is 4.58. The first-order valence-corrected chi connectivity index (χ1v) is 12.6. The Morgan fingerprint density at radius 3 is 2.68 bits per heavy atom. The van der Waals surface area contributed by atoms with Crippen LogP contribution in [0.5, 0.6) is 0 Å². The predicted molar refractivity (Wildman–Crippen MR) is 124 cm³/mol. The van der Waals surface area contributed by atoms with E-state index in [9.17, 15) is 13.2 Å². The van der Waals surface area contributed by atoms with Crippen LogP contribution in [0.25, 0.3) is 10.2 Å². The molecular formula is C22H26N4O3S2. The molecule has 31 heavy (non-hydrogen) atoms. The van der Waals surface area contributed by atoms with E-state index in [0.29, 0.717) is 18.8 Å². The standard InChI is InChI=1S/C22H26N4O3S2/c1-16(22-24-19-10-3-4-11-20(19)30-22)25(2)21(27)15-23-17-8-7-9-18(14-17)31(28,29)26-12-5-6-13-26/h3-4,7-11,14,16,23H,5-6,12-13,15H2,1-2H3/t16-/m1/s1. The summed E-state index contributed by atoms with van der Waals surface area (Å²) in [6.45, 7) is 3.15. The van der Waals surface area contributed by atoms with E-state index < -0.39 is 10.0 Å². The second kappa shape index (κ2) is 8.94. The number of amides is 1. The fourth-order valence-electron chi connectivity index (χ4n) is 3.60. The molecule has 0 unspecified atom stereocenters. The van der Waals surface area contributed by atoms with Gasteiger partial charge in [-0.15, -0.1) is 11.3 Å². The summed E-state index contributed by atoms with van der Waals surface area (Å²) in [4.78, 5) is 19.3. The van der Waals surface area contributed by atoms with Gasteiger partial charge in [0.05, 0.1) is 27.7 Å². The Bertz CT molecular complexity index is 1150. The maximum Gasteiger partial charge on any atom is 0.243 e. The number of hydrogen-bond donors (Lipinski definition) is 1. The van der Waals surface area contributed by atoms with Gasteiger partial charge in [-0.1, -0.05) is 18.2 Å². The zero-order chi connectivity index (χ0) is 22.0. The number of rotatable bonds is 7. The SMILES string of the molecule is C[C@H](c1nc2ccccc2s1)N(C)C(=O)CNc1cccc(S(=O)(=O)N2CCCC2)c1. The van der Waals surface area contributed by atoms with E-state index in [1.165, 1.54) is 4.31 Å². The smallest absolute Gasteiger partial charge is 0.243 e. The summed E-state index contributed by atoms with van der Waals surface area (Å²) in [6.07, 6.45) is 1.79. The van der Waals surface area contributed by atoms with Crippen molar-refractivity contribution in [3.05, 3.63) is 53.5 Å². The van der Waals surface area contributed by atoms with Crippen LogP contribution >= 0.6 is 11.3 Å². The van der Waals surface area contributed by atoms with Gasteiger partial charge in [0, 0.05) is 25.8 Å². The van der Waals surface area contributed by atoms with Crippen molar-refractivity contribution in [1.29, 1.82) is 0 Å². The number of carbonyl (C=O) groups excluding carboxylic acids is 1. The first-order chi connectivity index (χ1) is 14.9. The van der Waals surface area contributed by atoms with Gasteiger partial charge in [0.1, 0.15) is 5.01 Å². The molecule has 2 aromatic carbocycles. The van der Waals surface area contributed by atoms with Crippen LogP contribution in [-0.2, 0) is 14.8 Å². The van der Waals surface area contributed by atoms with E-state index in [2.05, 4.69) is 10.3 Å². The first kappa shape index (κ1) is 21.7. The van der Waals surface area contributed by atoms with Crippen molar-refractivity contribution in [2.45, 2.75) is 30.7 Å². The number of aromatic nitrogens is 1. The van der Waals surface area contributed by atoms with Crippen LogP contribution in [0, 0.1) is 0 Å². The highest BCUT2D eigenvalue weighted by Gasteiger charge is 2.27. The second-order valence-electron chi connectivity index (χ2n) is 7.69. The van der Waals surface area contributed by atoms with Gasteiger partial charge in [0.15, 0.2) is 0 Å². The minimum Gasteiger partial charge on any atom is -0.376 e. The van der Waals surface area contributed by atoms with Crippen molar-refractivity contribution < 1.29 is 13.2 Å². The molecule has 3 aromatic rings. The maximum atomic E-state index is 12.8. The normalized spacial score (nSPS) is 15.8. The van der Waals surface area contributed by atoms with Crippen molar-refractivity contribution in [2.75, 3.05) is 32.0 Å². The van der Waals surface area contributed by atoms with Crippen molar-refractivity contribution >= 4 is 43.2 Å². The van der Waals surface area contributed by atoms with Crippen LogP contribution in [0.1, 0.15) is 30.8 Å². The number of nitrogens with one attached hydrogen (secondary N) is 1. The first-order valence-electron chi connectivity index (χ1n) is 10.3. The Balaban J connectivity index is 1.41. The number of fused-ring (bicyclic) bond motifs is 1. The molecule has 1 aromatic heterocycles. The van der Waals surface area contributed by atoms with Crippen LogP contribution < -0.4 is 5.32 Å². The fraction of sp³-hybridized carbons (Fsp3) is 0.364. The summed E-state index contributed by atoms with van der Waals surface area (Å²) in [5.74, 6) is -0.0976. The molecule has 0 radical (unpaired) electrons. The number of para-hydroxylation sites is 1. The lowest BCUT2D eigenvalue weighted by Crippen LogP contribution is -2.34. The number of hydrogen-bond acceptors (Lipinski definition) is 6. The second-order valence-corrected chi connectivity index (χ2v) is 10.7. The third-order valence-electron chi connectivity index (χ3n) is 5.62. The molecule has 1 fully saturated rings. The van der Waals surface area contributed by atoms with Gasteiger partial charge in [0.2, 0.25) is 15.9 Å². The third-order valence-corrected chi connectivity index (χ3v) is 8.72. The van der Waals surface area contributed by atoms with Gasteiger partial charge < -0.3 is 10.2 Å². The van der Waals surface area contributed by atoms with Crippen LogP contribution in [0.3, 0.4) is 0 Å². The number of carbonyl (C=O) groups is 1. The number of anilines is 1. The minimum atomic E-state index is -3.49. The van der Waals surface area contributed by atoms with Gasteiger partial charge >= 0.3 is 0 Å². The summed E-state index contributed by atoms with van der Waals surface area (Å²) in [7, 11) is -1.73. The lowest BCUT2D eigenvalue weighted by molar-refractivity contribution is -0.129. The van der Waals surface area contributed by atoms with Crippen LogP contribution in [0.2, 0.25) is 0 Å². The fourth-order valence-corrected chi connectivity index (χ4v) is 6.22. The van der Waals surface area contributed by atoms with Crippen molar-refractivity contribution in [3.8, 4) is 0 Å². The molecule has 0 bridgehead atoms. The molecule has 0 saturated carbocycles. The Hall–Kier alpha value is -2.49. The van der Waals surface area contributed by atoms with E-state index in [-0.39, 0.29) is 23.4 Å². The van der Waals surface area contributed by atoms with Gasteiger partial charge in [0.25, 0.3) is 0 Å². The molecule has 2 heterocycles. The molecule has 1 N–H and O–H groups in total. The molecule has 0 aliphatic carbocycles. The number of nitrogens with zero attached hydrogens (tertiary/aromatic N) is 3.